The highest BCUT2D eigenvalue weighted by Gasteiger charge is 2.43. The monoisotopic (exact) mass is 297 g/mol. The molecule has 0 saturated heterocycles. The molecule has 118 valence electrons. The van der Waals surface area contributed by atoms with Crippen LogP contribution in [0.5, 0.6) is 0 Å². The van der Waals surface area contributed by atoms with Crippen LogP contribution in [-0.2, 0) is 5.60 Å². The van der Waals surface area contributed by atoms with Gasteiger partial charge in [0.25, 0.3) is 0 Å². The third kappa shape index (κ3) is 3.08. The van der Waals surface area contributed by atoms with Gasteiger partial charge in [0, 0.05) is 6.04 Å². The smallest absolute Gasteiger partial charge is 0.130 e. The van der Waals surface area contributed by atoms with Crippen LogP contribution in [0.15, 0.2) is 48.5 Å². The molecule has 2 aromatic carbocycles. The van der Waals surface area contributed by atoms with Crippen molar-refractivity contribution in [3.05, 3.63) is 70.8 Å². The van der Waals surface area contributed by atoms with Crippen LogP contribution in [0.4, 0.5) is 0 Å². The molecule has 2 rings (SSSR count). The number of nitrogens with two attached hydrogens (primary N) is 1. The van der Waals surface area contributed by atoms with E-state index in [1.54, 1.807) is 0 Å². The summed E-state index contributed by atoms with van der Waals surface area (Å²) >= 11 is 0. The molecular formula is C20H27NO. The summed E-state index contributed by atoms with van der Waals surface area (Å²) in [6.07, 6.45) is 0. The fourth-order valence-corrected chi connectivity index (χ4v) is 2.77. The molecule has 2 heteroatoms. The van der Waals surface area contributed by atoms with Crippen molar-refractivity contribution >= 4 is 0 Å². The quantitative estimate of drug-likeness (QED) is 0.902. The van der Waals surface area contributed by atoms with Crippen LogP contribution in [0.25, 0.3) is 0 Å². The lowest BCUT2D eigenvalue weighted by Crippen LogP contribution is -2.53. The molecule has 0 saturated carbocycles. The molecule has 2 aromatic rings. The Balaban J connectivity index is 2.63. The van der Waals surface area contributed by atoms with Crippen LogP contribution in [0.3, 0.4) is 0 Å². The summed E-state index contributed by atoms with van der Waals surface area (Å²) in [4.78, 5) is 0. The first-order valence-corrected chi connectivity index (χ1v) is 7.78. The van der Waals surface area contributed by atoms with Crippen LogP contribution in [0.1, 0.15) is 43.0 Å². The standard InChI is InChI=1S/C20H27NO/c1-14-6-10-16(11-7-14)20(22,18(21)19(3,4)5)17-12-8-15(2)9-13-17/h6-13,18,22H,21H2,1-5H3/t18-/m1/s1. The molecule has 0 fully saturated rings. The topological polar surface area (TPSA) is 46.2 Å². The minimum atomic E-state index is -1.21. The summed E-state index contributed by atoms with van der Waals surface area (Å²) in [5, 5.41) is 11.6. The molecule has 3 N–H and O–H groups in total. The summed E-state index contributed by atoms with van der Waals surface area (Å²) in [7, 11) is 0. The van der Waals surface area contributed by atoms with Gasteiger partial charge in [-0.3, -0.25) is 0 Å². The lowest BCUT2D eigenvalue weighted by Gasteiger charge is -2.42. The van der Waals surface area contributed by atoms with Crippen molar-refractivity contribution in [3.8, 4) is 0 Å². The number of hydrogen-bond acceptors (Lipinski definition) is 2. The average molecular weight is 297 g/mol. The molecule has 0 radical (unpaired) electrons. The molecular weight excluding hydrogens is 270 g/mol. The van der Waals surface area contributed by atoms with Gasteiger partial charge in [0.1, 0.15) is 5.60 Å². The van der Waals surface area contributed by atoms with Crippen molar-refractivity contribution in [2.75, 3.05) is 0 Å². The van der Waals surface area contributed by atoms with E-state index in [1.165, 1.54) is 11.1 Å². The first-order chi connectivity index (χ1) is 10.2. The van der Waals surface area contributed by atoms with Gasteiger partial charge in [-0.15, -0.1) is 0 Å². The average Bonchev–Trinajstić information content (AvgIpc) is 2.46. The molecule has 22 heavy (non-hydrogen) atoms. The summed E-state index contributed by atoms with van der Waals surface area (Å²) < 4.78 is 0. The van der Waals surface area contributed by atoms with E-state index in [0.717, 1.165) is 11.1 Å². The van der Waals surface area contributed by atoms with Crippen molar-refractivity contribution in [2.45, 2.75) is 46.3 Å². The van der Waals surface area contributed by atoms with Gasteiger partial charge in [0.2, 0.25) is 0 Å². The zero-order valence-electron chi connectivity index (χ0n) is 14.2. The SMILES string of the molecule is Cc1ccc(C(O)(c2ccc(C)cc2)[C@H](N)C(C)(C)C)cc1. The minimum absolute atomic E-state index is 0.232. The molecule has 0 aliphatic carbocycles. The molecule has 0 aromatic heterocycles. The van der Waals surface area contributed by atoms with Crippen LogP contribution >= 0.6 is 0 Å². The summed E-state index contributed by atoms with van der Waals surface area (Å²) in [6.45, 7) is 10.3. The maximum Gasteiger partial charge on any atom is 0.130 e. The normalized spacial score (nSPS) is 14.0. The Kier molecular flexibility index (Phi) is 4.46. The van der Waals surface area contributed by atoms with E-state index in [4.69, 9.17) is 5.73 Å². The van der Waals surface area contributed by atoms with Crippen LogP contribution in [0, 0.1) is 19.3 Å². The Labute approximate surface area is 134 Å². The van der Waals surface area contributed by atoms with Crippen LogP contribution in [-0.4, -0.2) is 11.1 Å². The lowest BCUT2D eigenvalue weighted by atomic mass is 9.70. The van der Waals surface area contributed by atoms with E-state index in [9.17, 15) is 5.11 Å². The maximum atomic E-state index is 11.6. The van der Waals surface area contributed by atoms with E-state index in [-0.39, 0.29) is 5.41 Å². The van der Waals surface area contributed by atoms with Gasteiger partial charge in [-0.25, -0.2) is 0 Å². The number of rotatable bonds is 3. The van der Waals surface area contributed by atoms with E-state index in [2.05, 4.69) is 20.8 Å². The largest absolute Gasteiger partial charge is 0.379 e. The van der Waals surface area contributed by atoms with Gasteiger partial charge < -0.3 is 10.8 Å². The zero-order valence-corrected chi connectivity index (χ0v) is 14.2. The first kappa shape index (κ1) is 16.7. The highest BCUT2D eigenvalue weighted by atomic mass is 16.3. The Morgan fingerprint density at radius 2 is 1.09 bits per heavy atom. The first-order valence-electron chi connectivity index (χ1n) is 7.78. The van der Waals surface area contributed by atoms with E-state index in [1.807, 2.05) is 62.4 Å². The Morgan fingerprint density at radius 3 is 1.36 bits per heavy atom. The molecule has 1 atom stereocenters. The molecule has 2 nitrogen and oxygen atoms in total. The number of hydrogen-bond donors (Lipinski definition) is 2. The van der Waals surface area contributed by atoms with E-state index in [0.29, 0.717) is 0 Å². The van der Waals surface area contributed by atoms with Gasteiger partial charge in [-0.1, -0.05) is 80.4 Å². The van der Waals surface area contributed by atoms with Crippen molar-refractivity contribution in [1.29, 1.82) is 0 Å². The van der Waals surface area contributed by atoms with E-state index < -0.39 is 11.6 Å². The van der Waals surface area contributed by atoms with Crippen LogP contribution in [0.2, 0.25) is 0 Å². The fourth-order valence-electron chi connectivity index (χ4n) is 2.77. The van der Waals surface area contributed by atoms with Gasteiger partial charge in [0.15, 0.2) is 0 Å². The second-order valence-corrected chi connectivity index (χ2v) is 7.34. The van der Waals surface area contributed by atoms with Crippen molar-refractivity contribution < 1.29 is 5.11 Å². The van der Waals surface area contributed by atoms with Gasteiger partial charge in [0.05, 0.1) is 0 Å². The third-order valence-corrected chi connectivity index (χ3v) is 4.37. The molecule has 0 unspecified atom stereocenters. The zero-order chi connectivity index (χ0) is 16.5. The fraction of sp³-hybridized carbons (Fsp3) is 0.400. The molecule has 0 aliphatic rings. The van der Waals surface area contributed by atoms with Gasteiger partial charge in [-0.05, 0) is 30.4 Å². The van der Waals surface area contributed by atoms with Crippen molar-refractivity contribution in [3.63, 3.8) is 0 Å². The predicted molar refractivity (Wildman–Crippen MR) is 92.8 cm³/mol. The lowest BCUT2D eigenvalue weighted by molar-refractivity contribution is 0.0111. The second-order valence-electron chi connectivity index (χ2n) is 7.34. The number of benzene rings is 2. The molecule has 0 amide bonds. The predicted octanol–water partition coefficient (Wildman–Crippen LogP) is 3.91. The minimum Gasteiger partial charge on any atom is -0.379 e. The van der Waals surface area contributed by atoms with E-state index >= 15 is 0 Å². The Hall–Kier alpha value is -1.64. The maximum absolute atomic E-state index is 11.6. The Morgan fingerprint density at radius 1 is 0.773 bits per heavy atom. The number of aliphatic hydroxyl groups is 1. The summed E-state index contributed by atoms with van der Waals surface area (Å²) in [6, 6.07) is 15.5. The van der Waals surface area contributed by atoms with Crippen molar-refractivity contribution in [2.24, 2.45) is 11.1 Å². The highest BCUT2D eigenvalue weighted by Crippen LogP contribution is 2.39. The summed E-state index contributed by atoms with van der Waals surface area (Å²) in [5.74, 6) is 0. The number of aryl methyl sites for hydroxylation is 2. The van der Waals surface area contributed by atoms with Crippen molar-refractivity contribution in [1.82, 2.24) is 0 Å². The van der Waals surface area contributed by atoms with Crippen LogP contribution < -0.4 is 5.73 Å². The van der Waals surface area contributed by atoms with Gasteiger partial charge in [-0.2, -0.15) is 0 Å². The Bertz CT molecular complexity index is 575. The molecule has 0 spiro atoms. The second kappa shape index (κ2) is 5.86. The summed E-state index contributed by atoms with van der Waals surface area (Å²) in [5.41, 5.74) is 9.09. The molecule has 0 aliphatic heterocycles. The molecule has 0 heterocycles. The molecule has 0 bridgehead atoms. The highest BCUT2D eigenvalue weighted by molar-refractivity contribution is 5.40. The van der Waals surface area contributed by atoms with Gasteiger partial charge >= 0.3 is 0 Å². The third-order valence-electron chi connectivity index (χ3n) is 4.37.